The van der Waals surface area contributed by atoms with Crippen LogP contribution in [0.2, 0.25) is 0 Å². The summed E-state index contributed by atoms with van der Waals surface area (Å²) in [5.41, 5.74) is 7.22. The summed E-state index contributed by atoms with van der Waals surface area (Å²) in [6.45, 7) is 0. The SMILES string of the molecule is N#Cc1ccccc1NS(=O)(=O)Cc1ccccc1N. The fourth-order valence-electron chi connectivity index (χ4n) is 1.74. The summed E-state index contributed by atoms with van der Waals surface area (Å²) in [6, 6.07) is 15.1. The third-order valence-electron chi connectivity index (χ3n) is 2.71. The first-order valence-electron chi connectivity index (χ1n) is 5.85. The number of hydrogen-bond donors (Lipinski definition) is 2. The molecule has 2 rings (SSSR count). The zero-order valence-corrected chi connectivity index (χ0v) is 11.4. The molecule has 0 bridgehead atoms. The van der Waals surface area contributed by atoms with Gasteiger partial charge in [0.25, 0.3) is 0 Å². The second-order valence-electron chi connectivity index (χ2n) is 4.22. The van der Waals surface area contributed by atoms with Crippen LogP contribution < -0.4 is 10.5 Å². The normalized spacial score (nSPS) is 10.8. The van der Waals surface area contributed by atoms with Crippen LogP contribution in [0.15, 0.2) is 48.5 Å². The highest BCUT2D eigenvalue weighted by molar-refractivity contribution is 7.91. The Morgan fingerprint density at radius 3 is 2.45 bits per heavy atom. The minimum atomic E-state index is -3.62. The molecule has 0 spiro atoms. The van der Waals surface area contributed by atoms with Gasteiger partial charge in [-0.05, 0) is 23.8 Å². The van der Waals surface area contributed by atoms with Crippen LogP contribution in [0, 0.1) is 11.3 Å². The zero-order chi connectivity index (χ0) is 14.6. The predicted octanol–water partition coefficient (Wildman–Crippen LogP) is 2.08. The Morgan fingerprint density at radius 2 is 1.75 bits per heavy atom. The van der Waals surface area contributed by atoms with E-state index in [0.717, 1.165) is 0 Å². The summed E-state index contributed by atoms with van der Waals surface area (Å²) in [5, 5.41) is 8.94. The minimum Gasteiger partial charge on any atom is -0.398 e. The molecule has 0 saturated carbocycles. The molecule has 102 valence electrons. The first kappa shape index (κ1) is 13.9. The Morgan fingerprint density at radius 1 is 1.10 bits per heavy atom. The van der Waals surface area contributed by atoms with E-state index in [4.69, 9.17) is 11.0 Å². The second-order valence-corrected chi connectivity index (χ2v) is 5.94. The summed E-state index contributed by atoms with van der Waals surface area (Å²) >= 11 is 0. The van der Waals surface area contributed by atoms with Gasteiger partial charge in [0.2, 0.25) is 10.0 Å². The molecule has 0 atom stereocenters. The zero-order valence-electron chi connectivity index (χ0n) is 10.6. The molecule has 6 heteroatoms. The van der Waals surface area contributed by atoms with Crippen molar-refractivity contribution in [1.29, 1.82) is 5.26 Å². The van der Waals surface area contributed by atoms with Gasteiger partial charge < -0.3 is 5.73 Å². The van der Waals surface area contributed by atoms with E-state index in [9.17, 15) is 8.42 Å². The van der Waals surface area contributed by atoms with Gasteiger partial charge in [-0.15, -0.1) is 0 Å². The molecule has 0 unspecified atom stereocenters. The van der Waals surface area contributed by atoms with Crippen LogP contribution in [0.5, 0.6) is 0 Å². The van der Waals surface area contributed by atoms with Gasteiger partial charge in [0.1, 0.15) is 6.07 Å². The summed E-state index contributed by atoms with van der Waals surface area (Å²) < 4.78 is 26.6. The monoisotopic (exact) mass is 287 g/mol. The molecule has 0 radical (unpaired) electrons. The molecule has 0 aliphatic carbocycles. The van der Waals surface area contributed by atoms with Gasteiger partial charge in [0.15, 0.2) is 0 Å². The van der Waals surface area contributed by atoms with Crippen molar-refractivity contribution in [3.8, 4) is 6.07 Å². The maximum Gasteiger partial charge on any atom is 0.237 e. The van der Waals surface area contributed by atoms with Crippen molar-refractivity contribution in [2.75, 3.05) is 10.5 Å². The van der Waals surface area contributed by atoms with Crippen LogP contribution in [-0.2, 0) is 15.8 Å². The summed E-state index contributed by atoms with van der Waals surface area (Å²) in [7, 11) is -3.62. The van der Waals surface area contributed by atoms with Crippen LogP contribution in [0.3, 0.4) is 0 Å². The maximum atomic E-state index is 12.1. The fourth-order valence-corrected chi connectivity index (χ4v) is 3.00. The molecule has 0 aromatic heterocycles. The highest BCUT2D eigenvalue weighted by Gasteiger charge is 2.15. The van der Waals surface area contributed by atoms with E-state index in [-0.39, 0.29) is 17.0 Å². The van der Waals surface area contributed by atoms with Crippen LogP contribution >= 0.6 is 0 Å². The number of benzene rings is 2. The fraction of sp³-hybridized carbons (Fsp3) is 0.0714. The molecule has 2 aromatic carbocycles. The maximum absolute atomic E-state index is 12.1. The van der Waals surface area contributed by atoms with Crippen LogP contribution in [0.25, 0.3) is 0 Å². The lowest BCUT2D eigenvalue weighted by atomic mass is 10.2. The number of nitrogens with two attached hydrogens (primary N) is 1. The standard InChI is InChI=1S/C14H13N3O2S/c15-9-11-5-2-4-8-14(11)17-20(18,19)10-12-6-1-3-7-13(12)16/h1-8,17H,10,16H2. The average molecular weight is 287 g/mol. The number of nitrogen functional groups attached to an aromatic ring is 1. The number of rotatable bonds is 4. The molecule has 0 heterocycles. The Labute approximate surface area is 117 Å². The van der Waals surface area contributed by atoms with Crippen molar-refractivity contribution in [2.45, 2.75) is 5.75 Å². The topological polar surface area (TPSA) is 96.0 Å². The molecule has 3 N–H and O–H groups in total. The third kappa shape index (κ3) is 3.28. The summed E-state index contributed by atoms with van der Waals surface area (Å²) in [4.78, 5) is 0. The predicted molar refractivity (Wildman–Crippen MR) is 78.3 cm³/mol. The first-order chi connectivity index (χ1) is 9.52. The Kier molecular flexibility index (Phi) is 3.91. The van der Waals surface area contributed by atoms with Crippen molar-refractivity contribution >= 4 is 21.4 Å². The lowest BCUT2D eigenvalue weighted by Gasteiger charge is -2.10. The van der Waals surface area contributed by atoms with Crippen LogP contribution in [-0.4, -0.2) is 8.42 Å². The quantitative estimate of drug-likeness (QED) is 0.841. The van der Waals surface area contributed by atoms with Crippen molar-refractivity contribution in [2.24, 2.45) is 0 Å². The second kappa shape index (κ2) is 5.63. The number of anilines is 2. The molecule has 0 saturated heterocycles. The summed E-state index contributed by atoms with van der Waals surface area (Å²) in [6.07, 6.45) is 0. The minimum absolute atomic E-state index is 0.237. The van der Waals surface area contributed by atoms with Gasteiger partial charge >= 0.3 is 0 Å². The highest BCUT2D eigenvalue weighted by atomic mass is 32.2. The van der Waals surface area contributed by atoms with Gasteiger partial charge in [-0.3, -0.25) is 4.72 Å². The van der Waals surface area contributed by atoms with Crippen molar-refractivity contribution in [1.82, 2.24) is 0 Å². The van der Waals surface area contributed by atoms with Crippen molar-refractivity contribution < 1.29 is 8.42 Å². The largest absolute Gasteiger partial charge is 0.398 e. The number of hydrogen-bond acceptors (Lipinski definition) is 4. The lowest BCUT2D eigenvalue weighted by Crippen LogP contribution is -2.16. The van der Waals surface area contributed by atoms with Gasteiger partial charge in [-0.2, -0.15) is 5.26 Å². The van der Waals surface area contributed by atoms with E-state index in [1.54, 1.807) is 48.5 Å². The van der Waals surface area contributed by atoms with E-state index < -0.39 is 10.0 Å². The third-order valence-corrected chi connectivity index (χ3v) is 3.94. The van der Waals surface area contributed by atoms with Gasteiger partial charge in [-0.1, -0.05) is 30.3 Å². The van der Waals surface area contributed by atoms with Crippen molar-refractivity contribution in [3.05, 3.63) is 59.7 Å². The molecular weight excluding hydrogens is 274 g/mol. The number of para-hydroxylation sites is 2. The van der Waals surface area contributed by atoms with E-state index in [0.29, 0.717) is 11.3 Å². The number of nitrogens with zero attached hydrogens (tertiary/aromatic N) is 1. The van der Waals surface area contributed by atoms with E-state index in [2.05, 4.69) is 4.72 Å². The number of nitrogens with one attached hydrogen (secondary N) is 1. The van der Waals surface area contributed by atoms with E-state index in [1.807, 2.05) is 6.07 Å². The smallest absolute Gasteiger partial charge is 0.237 e. The lowest BCUT2D eigenvalue weighted by molar-refractivity contribution is 0.600. The van der Waals surface area contributed by atoms with Crippen LogP contribution in [0.4, 0.5) is 11.4 Å². The highest BCUT2D eigenvalue weighted by Crippen LogP contribution is 2.19. The molecule has 2 aromatic rings. The molecule has 5 nitrogen and oxygen atoms in total. The van der Waals surface area contributed by atoms with Gasteiger partial charge in [-0.25, -0.2) is 8.42 Å². The molecule has 0 aliphatic heterocycles. The first-order valence-corrected chi connectivity index (χ1v) is 7.50. The van der Waals surface area contributed by atoms with E-state index >= 15 is 0 Å². The molecule has 20 heavy (non-hydrogen) atoms. The number of sulfonamides is 1. The Bertz CT molecular complexity index is 764. The van der Waals surface area contributed by atoms with E-state index in [1.165, 1.54) is 0 Å². The van der Waals surface area contributed by atoms with Gasteiger partial charge in [0, 0.05) is 5.69 Å². The molecule has 0 fully saturated rings. The molecular formula is C14H13N3O2S. The molecule has 0 aliphatic rings. The van der Waals surface area contributed by atoms with Crippen LogP contribution in [0.1, 0.15) is 11.1 Å². The van der Waals surface area contributed by atoms with Gasteiger partial charge in [0.05, 0.1) is 17.0 Å². The number of nitriles is 1. The Hall–Kier alpha value is -2.52. The summed E-state index contributed by atoms with van der Waals surface area (Å²) in [5.74, 6) is -0.237. The van der Waals surface area contributed by atoms with Crippen molar-refractivity contribution in [3.63, 3.8) is 0 Å². The Balaban J connectivity index is 2.25. The molecule has 0 amide bonds. The average Bonchev–Trinajstić information content (AvgIpc) is 2.41.